The Morgan fingerprint density at radius 1 is 1.12 bits per heavy atom. The molecule has 0 saturated carbocycles. The first-order valence-electron chi connectivity index (χ1n) is 9.99. The Balaban J connectivity index is 1.93. The van der Waals surface area contributed by atoms with E-state index in [-0.39, 0.29) is 16.3 Å². The molecule has 176 valence electrons. The Morgan fingerprint density at radius 2 is 1.73 bits per heavy atom. The fraction of sp³-hybridized carbons (Fsp3) is 0.273. The lowest BCUT2D eigenvalue weighted by Crippen LogP contribution is -2.29. The summed E-state index contributed by atoms with van der Waals surface area (Å²) in [6, 6.07) is 12.8. The first kappa shape index (κ1) is 24.5. The average Bonchev–Trinajstić information content (AvgIpc) is 3.23. The lowest BCUT2D eigenvalue weighted by Gasteiger charge is -2.11. The minimum atomic E-state index is -4.66. The van der Waals surface area contributed by atoms with Crippen molar-refractivity contribution in [3.63, 3.8) is 0 Å². The summed E-state index contributed by atoms with van der Waals surface area (Å²) in [6.07, 6.45) is -4.18. The van der Waals surface area contributed by atoms with Crippen LogP contribution in [0.2, 0.25) is 0 Å². The zero-order valence-corrected chi connectivity index (χ0v) is 18.9. The van der Waals surface area contributed by atoms with Gasteiger partial charge in [-0.15, -0.1) is 0 Å². The molecule has 7 nitrogen and oxygen atoms in total. The van der Waals surface area contributed by atoms with Crippen LogP contribution in [0.1, 0.15) is 31.5 Å². The Hall–Kier alpha value is -3.18. The number of hydrogen-bond acceptors (Lipinski definition) is 5. The molecule has 0 spiro atoms. The van der Waals surface area contributed by atoms with Crippen LogP contribution in [0.4, 0.5) is 13.2 Å². The fourth-order valence-corrected chi connectivity index (χ4v) is 3.61. The highest BCUT2D eigenvalue weighted by Gasteiger charge is 2.35. The van der Waals surface area contributed by atoms with Crippen LogP contribution in [0.3, 0.4) is 0 Å². The topological polar surface area (TPSA) is 90.3 Å². The van der Waals surface area contributed by atoms with E-state index in [2.05, 4.69) is 9.94 Å². The summed E-state index contributed by atoms with van der Waals surface area (Å²) >= 11 is 0. The number of benzene rings is 2. The molecule has 0 aliphatic heterocycles. The molecule has 0 aliphatic rings. The van der Waals surface area contributed by atoms with Gasteiger partial charge < -0.3 is 4.84 Å². The number of rotatable bonds is 7. The largest absolute Gasteiger partial charge is 0.435 e. The normalized spacial score (nSPS) is 13.0. The molecule has 0 radical (unpaired) electrons. The number of hydrogen-bond donors (Lipinski definition) is 1. The van der Waals surface area contributed by atoms with E-state index in [1.54, 1.807) is 43.0 Å². The predicted molar refractivity (Wildman–Crippen MR) is 115 cm³/mol. The molecule has 1 unspecified atom stereocenters. The van der Waals surface area contributed by atoms with Crippen molar-refractivity contribution in [1.29, 1.82) is 0 Å². The van der Waals surface area contributed by atoms with Crippen molar-refractivity contribution in [3.05, 3.63) is 65.9 Å². The van der Waals surface area contributed by atoms with E-state index in [4.69, 9.17) is 0 Å². The van der Waals surface area contributed by atoms with Gasteiger partial charge in [0.2, 0.25) is 0 Å². The van der Waals surface area contributed by atoms with Crippen LogP contribution in [0.5, 0.6) is 0 Å². The molecule has 1 N–H and O–H groups in total. The summed E-state index contributed by atoms with van der Waals surface area (Å²) in [5.41, 5.74) is 0.791. The van der Waals surface area contributed by atoms with E-state index in [9.17, 15) is 26.4 Å². The second-order valence-corrected chi connectivity index (χ2v) is 9.15. The Morgan fingerprint density at radius 3 is 2.27 bits per heavy atom. The molecule has 3 rings (SSSR count). The SMILES string of the molecule is CCC(C)C(=O)ONS(=O)(=O)c1ccc(-n2nc(C(F)(F)F)cc2-c2ccc(C)cc2)cc1. The molecular formula is C22H22F3N3O4S. The van der Waals surface area contributed by atoms with Crippen molar-refractivity contribution in [1.82, 2.24) is 14.7 Å². The number of sulfonamides is 1. The summed E-state index contributed by atoms with van der Waals surface area (Å²) in [5, 5.41) is 3.69. The van der Waals surface area contributed by atoms with Gasteiger partial charge in [0.05, 0.1) is 22.2 Å². The van der Waals surface area contributed by atoms with Crippen molar-refractivity contribution in [2.24, 2.45) is 5.92 Å². The van der Waals surface area contributed by atoms with Crippen molar-refractivity contribution in [2.75, 3.05) is 0 Å². The van der Waals surface area contributed by atoms with Gasteiger partial charge in [-0.25, -0.2) is 13.1 Å². The first-order valence-corrected chi connectivity index (χ1v) is 11.5. The molecule has 0 amide bonds. The second kappa shape index (κ2) is 9.36. The van der Waals surface area contributed by atoms with E-state index in [0.717, 1.165) is 16.3 Å². The highest BCUT2D eigenvalue weighted by Crippen LogP contribution is 2.33. The number of nitrogens with zero attached hydrogens (tertiary/aromatic N) is 2. The van der Waals surface area contributed by atoms with E-state index in [1.165, 1.54) is 24.3 Å². The molecule has 1 atom stereocenters. The van der Waals surface area contributed by atoms with Gasteiger partial charge in [-0.3, -0.25) is 4.79 Å². The maximum Gasteiger partial charge on any atom is 0.435 e. The molecule has 2 aromatic carbocycles. The fourth-order valence-electron chi connectivity index (χ4n) is 2.82. The van der Waals surface area contributed by atoms with Crippen LogP contribution in [0.15, 0.2) is 59.5 Å². The van der Waals surface area contributed by atoms with Gasteiger partial charge in [0.25, 0.3) is 10.0 Å². The van der Waals surface area contributed by atoms with Gasteiger partial charge in [-0.1, -0.05) is 43.7 Å². The van der Waals surface area contributed by atoms with Crippen LogP contribution in [0, 0.1) is 12.8 Å². The maximum absolute atomic E-state index is 13.3. The number of nitrogens with one attached hydrogen (secondary N) is 1. The van der Waals surface area contributed by atoms with Gasteiger partial charge in [0.1, 0.15) is 0 Å². The quantitative estimate of drug-likeness (QED) is 0.496. The summed E-state index contributed by atoms with van der Waals surface area (Å²) < 4.78 is 65.9. The second-order valence-electron chi connectivity index (χ2n) is 7.50. The molecule has 1 heterocycles. The van der Waals surface area contributed by atoms with Crippen molar-refractivity contribution in [3.8, 4) is 16.9 Å². The molecule has 1 aromatic heterocycles. The summed E-state index contributed by atoms with van der Waals surface area (Å²) in [6.45, 7) is 5.20. The zero-order valence-electron chi connectivity index (χ0n) is 18.1. The Kier molecular flexibility index (Phi) is 6.94. The smallest absolute Gasteiger partial charge is 0.355 e. The van der Waals surface area contributed by atoms with E-state index in [1.807, 2.05) is 6.92 Å². The Labute approximate surface area is 189 Å². The molecular weight excluding hydrogens is 459 g/mol. The van der Waals surface area contributed by atoms with Gasteiger partial charge in [-0.2, -0.15) is 18.3 Å². The molecule has 3 aromatic rings. The molecule has 0 fully saturated rings. The standard InChI is InChI=1S/C22H22F3N3O4S/c1-4-15(3)21(29)32-27-33(30,31)18-11-9-17(10-12-18)28-19(13-20(26-28)22(23,24)25)16-7-5-14(2)6-8-16/h5-13,15,27H,4H2,1-3H3. The van der Waals surface area contributed by atoms with Crippen LogP contribution in [-0.4, -0.2) is 24.2 Å². The average molecular weight is 481 g/mol. The molecule has 0 bridgehead atoms. The van der Waals surface area contributed by atoms with Crippen molar-refractivity contribution >= 4 is 16.0 Å². The minimum absolute atomic E-state index is 0.193. The Bertz CT molecular complexity index is 1240. The third kappa shape index (κ3) is 5.60. The molecule has 0 aliphatic carbocycles. The van der Waals surface area contributed by atoms with Crippen LogP contribution in [0.25, 0.3) is 16.9 Å². The molecule has 33 heavy (non-hydrogen) atoms. The van der Waals surface area contributed by atoms with Gasteiger partial charge in [-0.05, 0) is 48.6 Å². The highest BCUT2D eigenvalue weighted by molar-refractivity contribution is 7.89. The van der Waals surface area contributed by atoms with Crippen molar-refractivity contribution in [2.45, 2.75) is 38.3 Å². The molecule has 11 heteroatoms. The summed E-state index contributed by atoms with van der Waals surface area (Å²) in [7, 11) is -4.18. The number of aryl methyl sites for hydroxylation is 1. The van der Waals surface area contributed by atoms with Crippen molar-refractivity contribution < 1.29 is 31.2 Å². The summed E-state index contributed by atoms with van der Waals surface area (Å²) in [5.74, 6) is -1.21. The third-order valence-electron chi connectivity index (χ3n) is 5.01. The monoisotopic (exact) mass is 481 g/mol. The van der Waals surface area contributed by atoms with Gasteiger partial charge in [0.15, 0.2) is 5.69 Å². The van der Waals surface area contributed by atoms with Crippen LogP contribution >= 0.6 is 0 Å². The maximum atomic E-state index is 13.3. The first-order chi connectivity index (χ1) is 15.4. The van der Waals surface area contributed by atoms with Gasteiger partial charge >= 0.3 is 12.1 Å². The lowest BCUT2D eigenvalue weighted by molar-refractivity contribution is -0.151. The highest BCUT2D eigenvalue weighted by atomic mass is 32.2. The van der Waals surface area contributed by atoms with Gasteiger partial charge in [0, 0.05) is 5.56 Å². The number of alkyl halides is 3. The zero-order chi connectivity index (χ0) is 24.4. The number of carbonyl (C=O) groups is 1. The van der Waals surface area contributed by atoms with Crippen LogP contribution < -0.4 is 4.89 Å². The predicted octanol–water partition coefficient (Wildman–Crippen LogP) is 4.65. The number of halogens is 3. The number of carbonyl (C=O) groups excluding carboxylic acids is 1. The van der Waals surface area contributed by atoms with Crippen LogP contribution in [-0.2, 0) is 25.8 Å². The molecule has 0 saturated heterocycles. The summed E-state index contributed by atoms with van der Waals surface area (Å²) in [4.78, 5) is 17.9. The minimum Gasteiger partial charge on any atom is -0.355 e. The third-order valence-corrected chi connectivity index (χ3v) is 6.20. The van der Waals surface area contributed by atoms with E-state index < -0.39 is 33.8 Å². The van der Waals surface area contributed by atoms with E-state index >= 15 is 0 Å². The lowest BCUT2D eigenvalue weighted by atomic mass is 10.1. The van der Waals surface area contributed by atoms with E-state index in [0.29, 0.717) is 12.0 Å². The number of aromatic nitrogens is 2.